The zero-order valence-electron chi connectivity index (χ0n) is 13.5. The third-order valence-corrected chi connectivity index (χ3v) is 4.50. The lowest BCUT2D eigenvalue weighted by molar-refractivity contribution is 0.102. The molecule has 3 aromatic rings. The van der Waals surface area contributed by atoms with Crippen molar-refractivity contribution in [1.82, 2.24) is 4.57 Å². The lowest BCUT2D eigenvalue weighted by atomic mass is 10.1. The van der Waals surface area contributed by atoms with Crippen LogP contribution in [0.5, 0.6) is 0 Å². The van der Waals surface area contributed by atoms with Crippen LogP contribution in [0.15, 0.2) is 53.5 Å². The predicted octanol–water partition coefficient (Wildman–Crippen LogP) is 4.24. The fraction of sp³-hybridized carbons (Fsp3) is 0.158. The molecule has 0 saturated heterocycles. The SMILES string of the molecule is CCn1cc(C(=O)Nc2cccc(Cl)c2C)c(=O)c2ccccc21. The third-order valence-electron chi connectivity index (χ3n) is 4.09. The van der Waals surface area contributed by atoms with Crippen LogP contribution in [0, 0.1) is 6.92 Å². The van der Waals surface area contributed by atoms with Gasteiger partial charge in [-0.3, -0.25) is 9.59 Å². The summed E-state index contributed by atoms with van der Waals surface area (Å²) >= 11 is 6.08. The smallest absolute Gasteiger partial charge is 0.261 e. The van der Waals surface area contributed by atoms with Gasteiger partial charge in [-0.1, -0.05) is 29.8 Å². The fourth-order valence-corrected chi connectivity index (χ4v) is 2.88. The number of para-hydroxylation sites is 1. The lowest BCUT2D eigenvalue weighted by Crippen LogP contribution is -2.24. The van der Waals surface area contributed by atoms with Crippen molar-refractivity contribution in [2.75, 3.05) is 5.32 Å². The van der Waals surface area contributed by atoms with Gasteiger partial charge in [0.15, 0.2) is 0 Å². The van der Waals surface area contributed by atoms with E-state index in [4.69, 9.17) is 11.6 Å². The van der Waals surface area contributed by atoms with Crippen molar-refractivity contribution in [3.05, 3.63) is 75.0 Å². The van der Waals surface area contributed by atoms with Gasteiger partial charge in [-0.2, -0.15) is 0 Å². The molecule has 0 fully saturated rings. The Morgan fingerprint density at radius 2 is 1.92 bits per heavy atom. The van der Waals surface area contributed by atoms with Gasteiger partial charge in [-0.15, -0.1) is 0 Å². The number of pyridine rings is 1. The summed E-state index contributed by atoms with van der Waals surface area (Å²) < 4.78 is 1.90. The maximum absolute atomic E-state index is 12.7. The molecular weight excluding hydrogens is 324 g/mol. The highest BCUT2D eigenvalue weighted by Gasteiger charge is 2.16. The Bertz CT molecular complexity index is 992. The number of carbonyl (C=O) groups is 1. The van der Waals surface area contributed by atoms with E-state index in [0.717, 1.165) is 11.1 Å². The highest BCUT2D eigenvalue weighted by molar-refractivity contribution is 6.31. The van der Waals surface area contributed by atoms with Gasteiger partial charge in [-0.05, 0) is 43.7 Å². The third kappa shape index (κ3) is 2.81. The molecule has 1 aromatic heterocycles. The minimum atomic E-state index is -0.432. The maximum Gasteiger partial charge on any atom is 0.261 e. The molecule has 1 N–H and O–H groups in total. The molecule has 0 atom stereocenters. The number of nitrogens with one attached hydrogen (secondary N) is 1. The Morgan fingerprint density at radius 3 is 2.67 bits per heavy atom. The van der Waals surface area contributed by atoms with Crippen LogP contribution in [0.2, 0.25) is 5.02 Å². The number of halogens is 1. The molecule has 122 valence electrons. The van der Waals surface area contributed by atoms with Crippen molar-refractivity contribution in [1.29, 1.82) is 0 Å². The molecule has 0 spiro atoms. The second-order valence-corrected chi connectivity index (χ2v) is 5.95. The molecule has 2 aromatic carbocycles. The number of benzene rings is 2. The average Bonchev–Trinajstić information content (AvgIpc) is 2.59. The van der Waals surface area contributed by atoms with Crippen molar-refractivity contribution in [2.24, 2.45) is 0 Å². The van der Waals surface area contributed by atoms with E-state index < -0.39 is 5.91 Å². The van der Waals surface area contributed by atoms with E-state index >= 15 is 0 Å². The first kappa shape index (κ1) is 16.3. The van der Waals surface area contributed by atoms with Crippen LogP contribution >= 0.6 is 11.6 Å². The first-order valence-electron chi connectivity index (χ1n) is 7.71. The topological polar surface area (TPSA) is 51.1 Å². The summed E-state index contributed by atoms with van der Waals surface area (Å²) in [5, 5.41) is 3.89. The number of fused-ring (bicyclic) bond motifs is 1. The Kier molecular flexibility index (Phi) is 4.40. The van der Waals surface area contributed by atoms with Gasteiger partial charge in [0.2, 0.25) is 5.43 Å². The Balaban J connectivity index is 2.09. The largest absolute Gasteiger partial charge is 0.347 e. The first-order valence-corrected chi connectivity index (χ1v) is 8.09. The van der Waals surface area contributed by atoms with E-state index in [1.165, 1.54) is 0 Å². The zero-order valence-corrected chi connectivity index (χ0v) is 14.2. The van der Waals surface area contributed by atoms with Gasteiger partial charge in [-0.25, -0.2) is 0 Å². The Morgan fingerprint density at radius 1 is 1.17 bits per heavy atom. The summed E-state index contributed by atoms with van der Waals surface area (Å²) in [5.74, 6) is -0.432. The van der Waals surface area contributed by atoms with Crippen LogP contribution in [0.1, 0.15) is 22.8 Å². The van der Waals surface area contributed by atoms with Crippen LogP contribution in [-0.2, 0) is 6.54 Å². The molecule has 0 aliphatic rings. The molecule has 4 nitrogen and oxygen atoms in total. The monoisotopic (exact) mass is 340 g/mol. The molecule has 5 heteroatoms. The molecule has 0 radical (unpaired) electrons. The molecule has 0 saturated carbocycles. The van der Waals surface area contributed by atoms with Crippen LogP contribution in [-0.4, -0.2) is 10.5 Å². The molecule has 1 heterocycles. The van der Waals surface area contributed by atoms with Gasteiger partial charge < -0.3 is 9.88 Å². The van der Waals surface area contributed by atoms with Gasteiger partial charge in [0.1, 0.15) is 5.56 Å². The van der Waals surface area contributed by atoms with Gasteiger partial charge in [0, 0.05) is 28.8 Å². The second-order valence-electron chi connectivity index (χ2n) is 5.54. The van der Waals surface area contributed by atoms with E-state index in [9.17, 15) is 9.59 Å². The number of aromatic nitrogens is 1. The first-order chi connectivity index (χ1) is 11.5. The molecule has 3 rings (SSSR count). The summed E-state index contributed by atoms with van der Waals surface area (Å²) in [6.45, 7) is 4.46. The van der Waals surface area contributed by atoms with Gasteiger partial charge in [0.05, 0.1) is 5.52 Å². The maximum atomic E-state index is 12.7. The zero-order chi connectivity index (χ0) is 17.3. The van der Waals surface area contributed by atoms with Crippen molar-refractivity contribution >= 4 is 34.1 Å². The minimum Gasteiger partial charge on any atom is -0.347 e. The molecule has 0 aliphatic carbocycles. The van der Waals surface area contributed by atoms with Crippen LogP contribution in [0.3, 0.4) is 0 Å². The number of anilines is 1. The second kappa shape index (κ2) is 6.49. The normalized spacial score (nSPS) is 10.8. The van der Waals surface area contributed by atoms with Crippen LogP contribution in [0.25, 0.3) is 10.9 Å². The number of carbonyl (C=O) groups excluding carboxylic acids is 1. The van der Waals surface area contributed by atoms with E-state index in [-0.39, 0.29) is 11.0 Å². The summed E-state index contributed by atoms with van der Waals surface area (Å²) in [7, 11) is 0. The predicted molar refractivity (Wildman–Crippen MR) is 98.0 cm³/mol. The van der Waals surface area contributed by atoms with E-state index in [1.807, 2.05) is 30.5 Å². The van der Waals surface area contributed by atoms with Crippen LogP contribution in [0.4, 0.5) is 5.69 Å². The summed E-state index contributed by atoms with van der Waals surface area (Å²) in [6.07, 6.45) is 1.61. The number of hydrogen-bond donors (Lipinski definition) is 1. The van der Waals surface area contributed by atoms with Crippen LogP contribution < -0.4 is 10.7 Å². The van der Waals surface area contributed by atoms with Crippen molar-refractivity contribution in [3.63, 3.8) is 0 Å². The fourth-order valence-electron chi connectivity index (χ4n) is 2.70. The highest BCUT2D eigenvalue weighted by atomic mass is 35.5. The van der Waals surface area contributed by atoms with E-state index in [2.05, 4.69) is 5.32 Å². The minimum absolute atomic E-state index is 0.120. The van der Waals surface area contributed by atoms with E-state index in [0.29, 0.717) is 22.6 Å². The molecular formula is C19H17ClN2O2. The lowest BCUT2D eigenvalue weighted by Gasteiger charge is -2.13. The summed E-state index contributed by atoms with van der Waals surface area (Å²) in [5.41, 5.74) is 2.04. The van der Waals surface area contributed by atoms with Gasteiger partial charge in [0.25, 0.3) is 5.91 Å². The molecule has 0 unspecified atom stereocenters. The number of aryl methyl sites for hydroxylation is 1. The highest BCUT2D eigenvalue weighted by Crippen LogP contribution is 2.23. The van der Waals surface area contributed by atoms with Crippen molar-refractivity contribution in [2.45, 2.75) is 20.4 Å². The van der Waals surface area contributed by atoms with Crippen molar-refractivity contribution < 1.29 is 4.79 Å². The standard InChI is InChI=1S/C19H17ClN2O2/c1-3-22-11-14(18(23)13-7-4-5-10-17(13)22)19(24)21-16-9-6-8-15(20)12(16)2/h4-11H,3H2,1-2H3,(H,21,24). The van der Waals surface area contributed by atoms with E-state index in [1.54, 1.807) is 36.5 Å². The quantitative estimate of drug-likeness (QED) is 0.775. The van der Waals surface area contributed by atoms with Gasteiger partial charge >= 0.3 is 0 Å². The number of amides is 1. The molecule has 1 amide bonds. The summed E-state index contributed by atoms with van der Waals surface area (Å²) in [6, 6.07) is 12.6. The molecule has 0 bridgehead atoms. The van der Waals surface area contributed by atoms with Crippen molar-refractivity contribution in [3.8, 4) is 0 Å². The number of nitrogens with zero attached hydrogens (tertiary/aromatic N) is 1. The molecule has 24 heavy (non-hydrogen) atoms. The Hall–Kier alpha value is -2.59. The molecule has 0 aliphatic heterocycles. The number of rotatable bonds is 3. The number of hydrogen-bond acceptors (Lipinski definition) is 2. The summed E-state index contributed by atoms with van der Waals surface area (Å²) in [4.78, 5) is 25.3. The average molecular weight is 341 g/mol. The Labute approximate surface area is 144 Å².